The van der Waals surface area contributed by atoms with E-state index < -0.39 is 0 Å². The van der Waals surface area contributed by atoms with Crippen LogP contribution in [0.4, 0.5) is 0 Å². The molecule has 0 aliphatic carbocycles. The summed E-state index contributed by atoms with van der Waals surface area (Å²) in [5.41, 5.74) is 3.09. The van der Waals surface area contributed by atoms with Crippen LogP contribution in [0.5, 0.6) is 5.75 Å². The minimum atomic E-state index is -0.0653. The van der Waals surface area contributed by atoms with Crippen molar-refractivity contribution >= 4 is 33.0 Å². The molecular formula is C19H19N5O2S. The Kier molecular flexibility index (Phi) is 3.68. The third-order valence-corrected chi connectivity index (χ3v) is 6.29. The van der Waals surface area contributed by atoms with Crippen LogP contribution in [0.1, 0.15) is 13.3 Å². The first kappa shape index (κ1) is 16.3. The van der Waals surface area contributed by atoms with Crippen LogP contribution >= 0.6 is 11.3 Å². The number of aromatic nitrogens is 4. The molecule has 2 atom stereocenters. The molecule has 1 unspecified atom stereocenters. The smallest absolute Gasteiger partial charge is 0.220 e. The van der Waals surface area contributed by atoms with Gasteiger partial charge in [-0.1, -0.05) is 0 Å². The van der Waals surface area contributed by atoms with E-state index in [0.717, 1.165) is 31.9 Å². The Balaban J connectivity index is 1.53. The average Bonchev–Trinajstić information content (AvgIpc) is 3.40. The van der Waals surface area contributed by atoms with Crippen molar-refractivity contribution in [3.8, 4) is 16.2 Å². The molecule has 5 heterocycles. The zero-order chi connectivity index (χ0) is 18.5. The molecule has 5 rings (SSSR count). The minimum absolute atomic E-state index is 0.0653. The van der Waals surface area contributed by atoms with Crippen LogP contribution in [0.3, 0.4) is 0 Å². The lowest BCUT2D eigenvalue weighted by molar-refractivity contribution is -0.119. The molecule has 4 aromatic heterocycles. The fourth-order valence-electron chi connectivity index (χ4n) is 3.57. The Labute approximate surface area is 159 Å². The van der Waals surface area contributed by atoms with Crippen LogP contribution in [0.2, 0.25) is 0 Å². The Morgan fingerprint density at radius 3 is 3.00 bits per heavy atom. The highest BCUT2D eigenvalue weighted by Gasteiger charge is 2.28. The first-order valence-electron chi connectivity index (χ1n) is 8.91. The molecule has 1 aliphatic rings. The van der Waals surface area contributed by atoms with E-state index in [1.807, 2.05) is 41.6 Å². The largest absolute Gasteiger partial charge is 0.488 e. The summed E-state index contributed by atoms with van der Waals surface area (Å²) in [6.07, 6.45) is 6.13. The van der Waals surface area contributed by atoms with E-state index in [9.17, 15) is 4.79 Å². The zero-order valence-electron chi connectivity index (χ0n) is 15.0. The van der Waals surface area contributed by atoms with Crippen molar-refractivity contribution in [1.82, 2.24) is 24.7 Å². The van der Waals surface area contributed by atoms with E-state index in [1.165, 1.54) is 0 Å². The number of rotatable bonds is 4. The summed E-state index contributed by atoms with van der Waals surface area (Å²) in [6, 6.07) is 6.15. The van der Waals surface area contributed by atoms with Crippen LogP contribution in [0, 0.1) is 5.92 Å². The predicted molar refractivity (Wildman–Crippen MR) is 104 cm³/mol. The summed E-state index contributed by atoms with van der Waals surface area (Å²) in [6.45, 7) is 2.69. The lowest BCUT2D eigenvalue weighted by Gasteiger charge is -2.20. The second-order valence-corrected chi connectivity index (χ2v) is 8.06. The topological polar surface area (TPSA) is 73.5 Å². The van der Waals surface area contributed by atoms with Gasteiger partial charge in [-0.2, -0.15) is 10.2 Å². The molecule has 0 aromatic carbocycles. The first-order chi connectivity index (χ1) is 13.1. The van der Waals surface area contributed by atoms with Crippen molar-refractivity contribution < 1.29 is 9.53 Å². The first-order valence-corrected chi connectivity index (χ1v) is 9.73. The number of nitrogens with zero attached hydrogens (tertiary/aromatic N) is 4. The predicted octanol–water partition coefficient (Wildman–Crippen LogP) is 2.85. The van der Waals surface area contributed by atoms with Crippen molar-refractivity contribution in [1.29, 1.82) is 0 Å². The number of fused-ring (bicyclic) bond motifs is 2. The van der Waals surface area contributed by atoms with Crippen molar-refractivity contribution in [3.05, 3.63) is 36.8 Å². The highest BCUT2D eigenvalue weighted by molar-refractivity contribution is 7.22. The number of carbonyl (C=O) groups is 1. The summed E-state index contributed by atoms with van der Waals surface area (Å²) in [5.74, 6) is 1.06. The number of ether oxygens (including phenoxy) is 1. The molecular weight excluding hydrogens is 362 g/mol. The van der Waals surface area contributed by atoms with Gasteiger partial charge in [-0.3, -0.25) is 9.48 Å². The fraction of sp³-hybridized carbons (Fsp3) is 0.316. The number of thiophene rings is 1. The van der Waals surface area contributed by atoms with Crippen LogP contribution in [0.15, 0.2) is 36.8 Å². The number of amides is 1. The van der Waals surface area contributed by atoms with Gasteiger partial charge in [-0.25, -0.2) is 4.52 Å². The molecule has 4 aromatic rings. The quantitative estimate of drug-likeness (QED) is 0.590. The number of hydrogen-bond acceptors (Lipinski definition) is 5. The zero-order valence-corrected chi connectivity index (χ0v) is 15.9. The maximum absolute atomic E-state index is 11.5. The van der Waals surface area contributed by atoms with E-state index in [2.05, 4.69) is 27.6 Å². The minimum Gasteiger partial charge on any atom is -0.488 e. The monoisotopic (exact) mass is 381 g/mol. The number of pyridine rings is 1. The molecule has 7 nitrogen and oxygen atoms in total. The standard InChI is InChI=1S/C19H19N5O2S/c1-11(12-6-19(25)20-8-12)26-16-5-13(10-24-14(16)3-4-21-24)17-7-15-18(27-17)9-22-23(15)2/h3-5,7,9-12H,6,8H2,1-2H3,(H,20,25)/t11-,12?/m1/s1. The maximum atomic E-state index is 11.5. The number of carbonyl (C=O) groups excluding carboxylic acids is 1. The summed E-state index contributed by atoms with van der Waals surface area (Å²) in [4.78, 5) is 12.7. The van der Waals surface area contributed by atoms with Crippen molar-refractivity contribution in [2.24, 2.45) is 13.0 Å². The van der Waals surface area contributed by atoms with E-state index >= 15 is 0 Å². The SMILES string of the molecule is C[C@@H](Oc1cc(-c2cc3c(cnn3C)s2)cn2nccc12)C1CNC(=O)C1. The highest BCUT2D eigenvalue weighted by Crippen LogP contribution is 2.36. The van der Waals surface area contributed by atoms with Gasteiger partial charge in [0.2, 0.25) is 5.91 Å². The molecule has 0 bridgehead atoms. The lowest BCUT2D eigenvalue weighted by Crippen LogP contribution is -2.25. The van der Waals surface area contributed by atoms with Gasteiger partial charge >= 0.3 is 0 Å². The van der Waals surface area contributed by atoms with E-state index in [0.29, 0.717) is 13.0 Å². The molecule has 1 saturated heterocycles. The van der Waals surface area contributed by atoms with Gasteiger partial charge in [0.15, 0.2) is 0 Å². The molecule has 0 saturated carbocycles. The van der Waals surface area contributed by atoms with Crippen molar-refractivity contribution in [2.75, 3.05) is 6.54 Å². The van der Waals surface area contributed by atoms with Gasteiger partial charge < -0.3 is 10.1 Å². The second-order valence-electron chi connectivity index (χ2n) is 6.97. The average molecular weight is 381 g/mol. The summed E-state index contributed by atoms with van der Waals surface area (Å²) in [5, 5.41) is 11.6. The van der Waals surface area contributed by atoms with Crippen molar-refractivity contribution in [3.63, 3.8) is 0 Å². The van der Waals surface area contributed by atoms with E-state index in [-0.39, 0.29) is 17.9 Å². The van der Waals surface area contributed by atoms with Gasteiger partial charge in [0.25, 0.3) is 0 Å². The molecule has 1 N–H and O–H groups in total. The molecule has 27 heavy (non-hydrogen) atoms. The van der Waals surface area contributed by atoms with Gasteiger partial charge in [0.1, 0.15) is 17.4 Å². The normalized spacial score (nSPS) is 18.3. The summed E-state index contributed by atoms with van der Waals surface area (Å²) in [7, 11) is 1.95. The van der Waals surface area contributed by atoms with Crippen LogP contribution in [-0.4, -0.2) is 38.0 Å². The fourth-order valence-corrected chi connectivity index (χ4v) is 4.60. The summed E-state index contributed by atoms with van der Waals surface area (Å²) >= 11 is 1.70. The Morgan fingerprint density at radius 2 is 2.22 bits per heavy atom. The van der Waals surface area contributed by atoms with E-state index in [4.69, 9.17) is 4.74 Å². The molecule has 0 radical (unpaired) electrons. The molecule has 0 spiro atoms. The van der Waals surface area contributed by atoms with Gasteiger partial charge in [-0.15, -0.1) is 11.3 Å². The molecule has 138 valence electrons. The number of aryl methyl sites for hydroxylation is 1. The van der Waals surface area contributed by atoms with Crippen molar-refractivity contribution in [2.45, 2.75) is 19.4 Å². The maximum Gasteiger partial charge on any atom is 0.220 e. The molecule has 1 fully saturated rings. The Hall–Kier alpha value is -2.87. The Morgan fingerprint density at radius 1 is 1.33 bits per heavy atom. The van der Waals surface area contributed by atoms with Gasteiger partial charge in [0.05, 0.1) is 22.6 Å². The third kappa shape index (κ3) is 2.76. The molecule has 1 aliphatic heterocycles. The molecule has 8 heteroatoms. The number of nitrogens with one attached hydrogen (secondary N) is 1. The second kappa shape index (κ2) is 6.09. The highest BCUT2D eigenvalue weighted by atomic mass is 32.1. The lowest BCUT2D eigenvalue weighted by atomic mass is 10.0. The Bertz CT molecular complexity index is 1160. The van der Waals surface area contributed by atoms with Gasteiger partial charge in [0, 0.05) is 42.6 Å². The molecule has 1 amide bonds. The van der Waals surface area contributed by atoms with E-state index in [1.54, 1.807) is 17.5 Å². The third-order valence-electron chi connectivity index (χ3n) is 5.18. The van der Waals surface area contributed by atoms with Crippen LogP contribution in [-0.2, 0) is 11.8 Å². The van der Waals surface area contributed by atoms with Crippen LogP contribution in [0.25, 0.3) is 26.2 Å². The van der Waals surface area contributed by atoms with Gasteiger partial charge in [-0.05, 0) is 25.1 Å². The summed E-state index contributed by atoms with van der Waals surface area (Å²) < 4.78 is 11.2. The number of hydrogen-bond donors (Lipinski definition) is 1. The van der Waals surface area contributed by atoms with Crippen LogP contribution < -0.4 is 10.1 Å².